The Balaban J connectivity index is 0.000000170. The highest BCUT2D eigenvalue weighted by atomic mass is 35.5. The molecule has 0 unspecified atom stereocenters. The number of ether oxygens (including phenoxy) is 1. The Bertz CT molecular complexity index is 2300. The number of benzene rings is 4. The summed E-state index contributed by atoms with van der Waals surface area (Å²) in [4.78, 5) is 23.2. The van der Waals surface area contributed by atoms with E-state index in [4.69, 9.17) is 27.9 Å². The van der Waals surface area contributed by atoms with Gasteiger partial charge in [-0.15, -0.1) is 0 Å². The Morgan fingerprint density at radius 2 is 1.21 bits per heavy atom. The molecule has 0 radical (unpaired) electrons. The largest absolute Gasteiger partial charge is 0.444 e. The number of carbonyl (C=O) groups excluding carboxylic acids is 1. The average Bonchev–Trinajstić information content (AvgIpc) is 3.10. The fourth-order valence-electron chi connectivity index (χ4n) is 7.07. The van der Waals surface area contributed by atoms with Crippen molar-refractivity contribution in [1.82, 2.24) is 14.9 Å². The lowest BCUT2D eigenvalue weighted by atomic mass is 9.80. The van der Waals surface area contributed by atoms with E-state index in [1.54, 1.807) is 11.1 Å². The molecular formula is C43H43Cl2N5O2S. The maximum atomic E-state index is 12.6. The Morgan fingerprint density at radius 1 is 0.717 bits per heavy atom. The number of nitrogens with one attached hydrogen (secondary N) is 2. The van der Waals surface area contributed by atoms with Crippen molar-refractivity contribution in [2.45, 2.75) is 51.3 Å². The van der Waals surface area contributed by atoms with Crippen LogP contribution in [0.3, 0.4) is 0 Å². The second kappa shape index (κ2) is 14.7. The standard InChI is InChI=1S/C24H26ClN3O2.C19H17ClN2S/c1-16-19(8-5-9-20(16)25)24(14-28(15-24)22(29)30-23(2,3)4)27-18-11-10-17-7-6-12-26-21(17)13-18;1-13-16(5-2-6-17(13)20)19(11-23-12-19)22-15-8-7-14-4-3-9-21-18(14)10-15/h5-13,27H,14-15H2,1-4H3;2-10,22H,11-12H2,1H3. The van der Waals surface area contributed by atoms with E-state index < -0.39 is 11.1 Å². The third-order valence-corrected chi connectivity index (χ3v) is 12.0. The third-order valence-electron chi connectivity index (χ3n) is 9.82. The van der Waals surface area contributed by atoms with Gasteiger partial charge >= 0.3 is 6.09 Å². The first-order valence-electron chi connectivity index (χ1n) is 17.7. The summed E-state index contributed by atoms with van der Waals surface area (Å²) >= 11 is 14.7. The number of halogens is 2. The van der Waals surface area contributed by atoms with Crippen molar-refractivity contribution in [2.24, 2.45) is 0 Å². The van der Waals surface area contributed by atoms with E-state index in [2.05, 4.69) is 63.9 Å². The molecular weight excluding hydrogens is 721 g/mol. The van der Waals surface area contributed by atoms with E-state index in [0.29, 0.717) is 18.1 Å². The molecule has 0 atom stereocenters. The monoisotopic (exact) mass is 763 g/mol. The number of likely N-dealkylation sites (tertiary alicyclic amines) is 1. The highest BCUT2D eigenvalue weighted by Crippen LogP contribution is 2.44. The van der Waals surface area contributed by atoms with Crippen LogP contribution in [0.25, 0.3) is 21.8 Å². The summed E-state index contributed by atoms with van der Waals surface area (Å²) in [7, 11) is 0. The van der Waals surface area contributed by atoms with Gasteiger partial charge < -0.3 is 20.3 Å². The molecule has 8 rings (SSSR count). The molecule has 0 aliphatic carbocycles. The second-order valence-corrected chi connectivity index (χ2v) is 16.7. The molecule has 2 saturated heterocycles. The molecule has 4 heterocycles. The number of nitrogens with zero attached hydrogens (tertiary/aromatic N) is 3. The van der Waals surface area contributed by atoms with E-state index in [9.17, 15) is 4.79 Å². The molecule has 272 valence electrons. The van der Waals surface area contributed by atoms with Gasteiger partial charge in [-0.1, -0.05) is 71.7 Å². The molecule has 0 spiro atoms. The first-order chi connectivity index (χ1) is 25.3. The van der Waals surface area contributed by atoms with Crippen LogP contribution in [0.15, 0.2) is 109 Å². The Hall–Kier alpha value is -4.50. The van der Waals surface area contributed by atoms with Gasteiger partial charge in [0.2, 0.25) is 0 Å². The van der Waals surface area contributed by atoms with Crippen molar-refractivity contribution in [3.05, 3.63) is 142 Å². The lowest BCUT2D eigenvalue weighted by molar-refractivity contribution is -0.00490. The molecule has 0 bridgehead atoms. The van der Waals surface area contributed by atoms with Crippen LogP contribution in [0.2, 0.25) is 10.0 Å². The topological polar surface area (TPSA) is 79.4 Å². The van der Waals surface area contributed by atoms with Crippen LogP contribution in [0, 0.1) is 13.8 Å². The molecule has 10 heteroatoms. The van der Waals surface area contributed by atoms with E-state index in [-0.39, 0.29) is 11.6 Å². The Kier molecular flexibility index (Phi) is 10.2. The Morgan fingerprint density at radius 3 is 1.68 bits per heavy atom. The van der Waals surface area contributed by atoms with Crippen molar-refractivity contribution < 1.29 is 9.53 Å². The van der Waals surface area contributed by atoms with Crippen molar-refractivity contribution in [2.75, 3.05) is 35.2 Å². The number of fused-ring (bicyclic) bond motifs is 2. The zero-order chi connectivity index (χ0) is 37.4. The van der Waals surface area contributed by atoms with Crippen molar-refractivity contribution >= 4 is 74.2 Å². The molecule has 6 aromatic rings. The van der Waals surface area contributed by atoms with Crippen LogP contribution in [0.4, 0.5) is 16.2 Å². The van der Waals surface area contributed by atoms with Crippen LogP contribution in [-0.4, -0.2) is 51.2 Å². The van der Waals surface area contributed by atoms with Crippen molar-refractivity contribution in [3.63, 3.8) is 0 Å². The molecule has 7 nitrogen and oxygen atoms in total. The number of anilines is 2. The number of thioether (sulfide) groups is 1. The lowest BCUT2D eigenvalue weighted by Gasteiger charge is -2.51. The predicted octanol–water partition coefficient (Wildman–Crippen LogP) is 11.0. The van der Waals surface area contributed by atoms with Crippen LogP contribution >= 0.6 is 35.0 Å². The van der Waals surface area contributed by atoms with Gasteiger partial charge in [0.15, 0.2) is 0 Å². The molecule has 2 fully saturated rings. The number of pyridine rings is 2. The van der Waals surface area contributed by atoms with Crippen molar-refractivity contribution in [1.29, 1.82) is 0 Å². The van der Waals surface area contributed by atoms with Gasteiger partial charge in [0.05, 0.1) is 35.2 Å². The first kappa shape index (κ1) is 36.8. The van der Waals surface area contributed by atoms with E-state index in [0.717, 1.165) is 60.8 Å². The van der Waals surface area contributed by atoms with Gasteiger partial charge in [-0.25, -0.2) is 4.79 Å². The normalized spacial score (nSPS) is 15.8. The molecule has 2 aliphatic rings. The summed E-state index contributed by atoms with van der Waals surface area (Å²) < 4.78 is 5.56. The van der Waals surface area contributed by atoms with Gasteiger partial charge in [-0.05, 0) is 105 Å². The van der Waals surface area contributed by atoms with E-state index in [1.807, 2.05) is 106 Å². The fraction of sp³-hybridized carbons (Fsp3) is 0.279. The van der Waals surface area contributed by atoms with Crippen molar-refractivity contribution in [3.8, 4) is 0 Å². The number of aromatic nitrogens is 2. The molecule has 0 saturated carbocycles. The summed E-state index contributed by atoms with van der Waals surface area (Å²) in [6.45, 7) is 10.7. The van der Waals surface area contributed by atoms with E-state index >= 15 is 0 Å². The van der Waals surface area contributed by atoms with Crippen LogP contribution < -0.4 is 10.6 Å². The summed E-state index contributed by atoms with van der Waals surface area (Å²) in [5, 5.41) is 11.2. The Labute approximate surface area is 325 Å². The second-order valence-electron chi connectivity index (χ2n) is 14.9. The minimum Gasteiger partial charge on any atom is -0.444 e. The highest BCUT2D eigenvalue weighted by molar-refractivity contribution is 8.00. The van der Waals surface area contributed by atoms with Crippen LogP contribution in [0.5, 0.6) is 0 Å². The summed E-state index contributed by atoms with van der Waals surface area (Å²) in [6, 6.07) is 32.6. The number of amides is 1. The number of hydrogen-bond donors (Lipinski definition) is 2. The molecule has 53 heavy (non-hydrogen) atoms. The van der Waals surface area contributed by atoms with Gasteiger partial charge in [0.25, 0.3) is 0 Å². The maximum Gasteiger partial charge on any atom is 0.410 e. The molecule has 1 amide bonds. The zero-order valence-corrected chi connectivity index (χ0v) is 32.9. The van der Waals surface area contributed by atoms with Crippen LogP contribution in [0.1, 0.15) is 43.0 Å². The highest BCUT2D eigenvalue weighted by Gasteiger charge is 2.49. The predicted molar refractivity (Wildman–Crippen MR) is 222 cm³/mol. The maximum absolute atomic E-state index is 12.6. The molecule has 2 N–H and O–H groups in total. The fourth-order valence-corrected chi connectivity index (χ4v) is 8.49. The lowest BCUT2D eigenvalue weighted by Crippen LogP contribution is -2.65. The quantitative estimate of drug-likeness (QED) is 0.175. The van der Waals surface area contributed by atoms with Crippen LogP contribution in [-0.2, 0) is 15.8 Å². The zero-order valence-electron chi connectivity index (χ0n) is 30.5. The summed E-state index contributed by atoms with van der Waals surface area (Å²) in [5.74, 6) is 2.10. The number of carbonyl (C=O) groups is 1. The number of rotatable bonds is 6. The van der Waals surface area contributed by atoms with Gasteiger partial charge in [0, 0.05) is 56.1 Å². The van der Waals surface area contributed by atoms with Gasteiger partial charge in [0.1, 0.15) is 5.60 Å². The molecule has 2 aromatic heterocycles. The third kappa shape index (κ3) is 7.77. The minimum absolute atomic E-state index is 0.0396. The molecule has 4 aromatic carbocycles. The number of hydrogen-bond acceptors (Lipinski definition) is 7. The summed E-state index contributed by atoms with van der Waals surface area (Å²) in [6.07, 6.45) is 3.32. The van der Waals surface area contributed by atoms with E-state index in [1.165, 1.54) is 11.1 Å². The SMILES string of the molecule is Cc1c(Cl)cccc1C1(Nc2ccc3cccnc3c2)CN(C(=O)OC(C)(C)C)C1.Cc1c(Cl)cccc1C1(Nc2ccc3cccnc3c2)CSC1. The smallest absolute Gasteiger partial charge is 0.410 e. The summed E-state index contributed by atoms with van der Waals surface area (Å²) in [5.41, 5.74) is 7.53. The first-order valence-corrected chi connectivity index (χ1v) is 19.6. The minimum atomic E-state index is -0.529. The average molecular weight is 765 g/mol. The molecule has 2 aliphatic heterocycles. The van der Waals surface area contributed by atoms with Gasteiger partial charge in [-0.3, -0.25) is 9.97 Å². The van der Waals surface area contributed by atoms with Gasteiger partial charge in [-0.2, -0.15) is 11.8 Å².